The maximum atomic E-state index is 4.67. The van der Waals surface area contributed by atoms with Crippen molar-refractivity contribution in [2.45, 2.75) is 46.1 Å². The highest BCUT2D eigenvalue weighted by Gasteiger charge is 2.13. The first-order valence-electron chi connectivity index (χ1n) is 8.55. The lowest BCUT2D eigenvalue weighted by molar-refractivity contribution is 0.730. The third-order valence-electron chi connectivity index (χ3n) is 3.83. The lowest BCUT2D eigenvalue weighted by Crippen LogP contribution is -2.37. The molecule has 122 valence electrons. The number of aliphatic imine (C=N–C) groups is 1. The van der Waals surface area contributed by atoms with Crippen molar-refractivity contribution in [2.24, 2.45) is 4.99 Å². The maximum Gasteiger partial charge on any atom is 0.191 e. The maximum absolute atomic E-state index is 4.67. The third-order valence-corrected chi connectivity index (χ3v) is 3.83. The van der Waals surface area contributed by atoms with Crippen molar-refractivity contribution in [1.29, 1.82) is 0 Å². The van der Waals surface area contributed by atoms with Gasteiger partial charge in [-0.15, -0.1) is 0 Å². The molecule has 2 rings (SSSR count). The summed E-state index contributed by atoms with van der Waals surface area (Å²) < 4.78 is 0. The highest BCUT2D eigenvalue weighted by molar-refractivity contribution is 5.79. The SMILES string of the molecule is CCCCNC(=NCc1ccnc(N2CCCC2)c1)NCC. The third kappa shape index (κ3) is 5.20. The Morgan fingerprint density at radius 1 is 1.27 bits per heavy atom. The Balaban J connectivity index is 1.95. The predicted molar refractivity (Wildman–Crippen MR) is 93.4 cm³/mol. The van der Waals surface area contributed by atoms with E-state index in [1.807, 2.05) is 6.20 Å². The number of rotatable bonds is 7. The summed E-state index contributed by atoms with van der Waals surface area (Å²) in [4.78, 5) is 11.5. The summed E-state index contributed by atoms with van der Waals surface area (Å²) in [7, 11) is 0. The zero-order valence-corrected chi connectivity index (χ0v) is 13.9. The molecule has 22 heavy (non-hydrogen) atoms. The number of anilines is 1. The average molecular weight is 303 g/mol. The Morgan fingerprint density at radius 2 is 2.09 bits per heavy atom. The molecular formula is C17H29N5. The fraction of sp³-hybridized carbons (Fsp3) is 0.647. The van der Waals surface area contributed by atoms with Gasteiger partial charge in [-0.05, 0) is 43.9 Å². The Labute approximate surface area is 134 Å². The Kier molecular flexibility index (Phi) is 7.00. The Bertz CT molecular complexity index is 466. The van der Waals surface area contributed by atoms with E-state index in [0.717, 1.165) is 38.0 Å². The number of nitrogens with one attached hydrogen (secondary N) is 2. The van der Waals surface area contributed by atoms with E-state index < -0.39 is 0 Å². The summed E-state index contributed by atoms with van der Waals surface area (Å²) in [5.74, 6) is 1.99. The number of nitrogens with zero attached hydrogens (tertiary/aromatic N) is 3. The molecule has 5 heteroatoms. The van der Waals surface area contributed by atoms with Gasteiger partial charge in [0.2, 0.25) is 0 Å². The first kappa shape index (κ1) is 16.6. The van der Waals surface area contributed by atoms with Crippen LogP contribution in [-0.2, 0) is 6.54 Å². The molecule has 1 saturated heterocycles. The molecule has 1 aliphatic heterocycles. The van der Waals surface area contributed by atoms with E-state index in [-0.39, 0.29) is 0 Å². The van der Waals surface area contributed by atoms with Crippen LogP contribution in [0.25, 0.3) is 0 Å². The van der Waals surface area contributed by atoms with Gasteiger partial charge in [0, 0.05) is 32.4 Å². The van der Waals surface area contributed by atoms with Crippen LogP contribution in [0.4, 0.5) is 5.82 Å². The molecule has 0 radical (unpaired) electrons. The minimum Gasteiger partial charge on any atom is -0.357 e. The van der Waals surface area contributed by atoms with Gasteiger partial charge >= 0.3 is 0 Å². The van der Waals surface area contributed by atoms with Gasteiger partial charge in [0.15, 0.2) is 5.96 Å². The fourth-order valence-corrected chi connectivity index (χ4v) is 2.57. The fourth-order valence-electron chi connectivity index (χ4n) is 2.57. The van der Waals surface area contributed by atoms with E-state index >= 15 is 0 Å². The molecule has 0 aromatic carbocycles. The van der Waals surface area contributed by atoms with Crippen LogP contribution >= 0.6 is 0 Å². The summed E-state index contributed by atoms with van der Waals surface area (Å²) in [5, 5.41) is 6.67. The summed E-state index contributed by atoms with van der Waals surface area (Å²) >= 11 is 0. The van der Waals surface area contributed by atoms with E-state index in [4.69, 9.17) is 0 Å². The minimum absolute atomic E-state index is 0.685. The van der Waals surface area contributed by atoms with Gasteiger partial charge in [-0.2, -0.15) is 0 Å². The van der Waals surface area contributed by atoms with Crippen molar-refractivity contribution >= 4 is 11.8 Å². The molecule has 0 unspecified atom stereocenters. The lowest BCUT2D eigenvalue weighted by atomic mass is 10.2. The molecule has 0 atom stereocenters. The van der Waals surface area contributed by atoms with Crippen LogP contribution in [0.15, 0.2) is 23.3 Å². The first-order chi connectivity index (χ1) is 10.8. The van der Waals surface area contributed by atoms with Gasteiger partial charge in [-0.3, -0.25) is 0 Å². The van der Waals surface area contributed by atoms with E-state index in [0.29, 0.717) is 6.54 Å². The summed E-state index contributed by atoms with van der Waals surface area (Å²) in [6.45, 7) is 9.08. The van der Waals surface area contributed by atoms with Crippen LogP contribution < -0.4 is 15.5 Å². The standard InChI is InChI=1S/C17H29N5/c1-3-5-9-20-17(18-4-2)21-14-15-8-10-19-16(13-15)22-11-6-7-12-22/h8,10,13H,3-7,9,11-12,14H2,1-2H3,(H2,18,20,21). The molecule has 2 heterocycles. The summed E-state index contributed by atoms with van der Waals surface area (Å²) in [6, 6.07) is 4.23. The molecule has 1 aromatic heterocycles. The average Bonchev–Trinajstić information content (AvgIpc) is 3.07. The Hall–Kier alpha value is -1.78. The molecule has 1 fully saturated rings. The molecule has 0 saturated carbocycles. The highest BCUT2D eigenvalue weighted by atomic mass is 15.2. The van der Waals surface area contributed by atoms with E-state index in [1.54, 1.807) is 0 Å². The van der Waals surface area contributed by atoms with Crippen molar-refractivity contribution < 1.29 is 0 Å². The second kappa shape index (κ2) is 9.28. The topological polar surface area (TPSA) is 52.6 Å². The van der Waals surface area contributed by atoms with E-state index in [9.17, 15) is 0 Å². The number of hydrogen-bond acceptors (Lipinski definition) is 3. The van der Waals surface area contributed by atoms with Gasteiger partial charge in [-0.1, -0.05) is 13.3 Å². The predicted octanol–water partition coefficient (Wildman–Crippen LogP) is 2.54. The van der Waals surface area contributed by atoms with Gasteiger partial charge in [0.1, 0.15) is 5.82 Å². The molecule has 5 nitrogen and oxygen atoms in total. The van der Waals surface area contributed by atoms with Gasteiger partial charge in [0.25, 0.3) is 0 Å². The van der Waals surface area contributed by atoms with E-state index in [2.05, 4.69) is 51.5 Å². The molecule has 0 aliphatic carbocycles. The van der Waals surface area contributed by atoms with Crippen molar-refractivity contribution in [3.8, 4) is 0 Å². The molecule has 0 amide bonds. The smallest absolute Gasteiger partial charge is 0.191 e. The molecule has 0 spiro atoms. The molecule has 0 bridgehead atoms. The second-order valence-corrected chi connectivity index (χ2v) is 5.69. The number of guanidine groups is 1. The molecule has 1 aliphatic rings. The molecule has 2 N–H and O–H groups in total. The van der Waals surface area contributed by atoms with Crippen LogP contribution in [0.1, 0.15) is 45.1 Å². The zero-order valence-electron chi connectivity index (χ0n) is 13.9. The number of hydrogen-bond donors (Lipinski definition) is 2. The first-order valence-corrected chi connectivity index (χ1v) is 8.55. The number of aromatic nitrogens is 1. The second-order valence-electron chi connectivity index (χ2n) is 5.69. The molecule has 1 aromatic rings. The molecular weight excluding hydrogens is 274 g/mol. The summed E-state index contributed by atoms with van der Waals surface area (Å²) in [5.41, 5.74) is 1.21. The van der Waals surface area contributed by atoms with Crippen molar-refractivity contribution in [1.82, 2.24) is 15.6 Å². The largest absolute Gasteiger partial charge is 0.357 e. The van der Waals surface area contributed by atoms with Gasteiger partial charge < -0.3 is 15.5 Å². The van der Waals surface area contributed by atoms with Crippen molar-refractivity contribution in [3.05, 3.63) is 23.9 Å². The minimum atomic E-state index is 0.685. The summed E-state index contributed by atoms with van der Waals surface area (Å²) in [6.07, 6.45) is 6.80. The normalized spacial score (nSPS) is 15.2. The van der Waals surface area contributed by atoms with Crippen LogP contribution in [-0.4, -0.2) is 37.1 Å². The van der Waals surface area contributed by atoms with Crippen molar-refractivity contribution in [2.75, 3.05) is 31.1 Å². The number of unbranched alkanes of at least 4 members (excludes halogenated alkanes) is 1. The van der Waals surface area contributed by atoms with Crippen LogP contribution in [0.5, 0.6) is 0 Å². The Morgan fingerprint density at radius 3 is 2.82 bits per heavy atom. The van der Waals surface area contributed by atoms with Gasteiger partial charge in [-0.25, -0.2) is 9.98 Å². The quantitative estimate of drug-likeness (QED) is 0.462. The number of pyridine rings is 1. The highest BCUT2D eigenvalue weighted by Crippen LogP contribution is 2.18. The van der Waals surface area contributed by atoms with Crippen LogP contribution in [0, 0.1) is 0 Å². The van der Waals surface area contributed by atoms with Gasteiger partial charge in [0.05, 0.1) is 6.54 Å². The van der Waals surface area contributed by atoms with Crippen LogP contribution in [0.3, 0.4) is 0 Å². The van der Waals surface area contributed by atoms with Crippen molar-refractivity contribution in [3.63, 3.8) is 0 Å². The monoisotopic (exact) mass is 303 g/mol. The van der Waals surface area contributed by atoms with Crippen LogP contribution in [0.2, 0.25) is 0 Å². The zero-order chi connectivity index (χ0) is 15.6. The van der Waals surface area contributed by atoms with E-state index in [1.165, 1.54) is 31.2 Å². The lowest BCUT2D eigenvalue weighted by Gasteiger charge is -2.16.